The van der Waals surface area contributed by atoms with Crippen molar-refractivity contribution in [2.24, 2.45) is 0 Å². The highest BCUT2D eigenvalue weighted by Crippen LogP contribution is 2.33. The number of H-pyrrole nitrogens is 1. The van der Waals surface area contributed by atoms with Crippen LogP contribution in [0.5, 0.6) is 11.5 Å². The molecule has 14 heavy (non-hydrogen) atoms. The van der Waals surface area contributed by atoms with Gasteiger partial charge in [-0.1, -0.05) is 0 Å². The zero-order valence-corrected chi connectivity index (χ0v) is 7.53. The Hall–Kier alpha value is -1.97. The number of nitrogens with one attached hydrogen (secondary N) is 1. The predicted octanol–water partition coefficient (Wildman–Crippen LogP) is 1.25. The molecule has 0 saturated heterocycles. The van der Waals surface area contributed by atoms with Crippen molar-refractivity contribution in [2.45, 2.75) is 6.92 Å². The van der Waals surface area contributed by atoms with Crippen LogP contribution in [0, 0.1) is 6.92 Å². The quantitative estimate of drug-likeness (QED) is 0.548. The van der Waals surface area contributed by atoms with Gasteiger partial charge in [0, 0.05) is 11.5 Å². The van der Waals surface area contributed by atoms with Crippen molar-refractivity contribution in [1.82, 2.24) is 4.98 Å². The summed E-state index contributed by atoms with van der Waals surface area (Å²) in [5.74, 6) is -0.385. The molecule has 0 amide bonds. The van der Waals surface area contributed by atoms with E-state index in [1.807, 2.05) is 0 Å². The molecule has 1 aromatic heterocycles. The third-order valence-corrected chi connectivity index (χ3v) is 2.16. The summed E-state index contributed by atoms with van der Waals surface area (Å²) in [6, 6.07) is 4.27. The molecule has 0 aliphatic carbocycles. The fourth-order valence-corrected chi connectivity index (χ4v) is 1.52. The largest absolute Gasteiger partial charge is 0.504 e. The molecular formula is C10H9NO3. The first kappa shape index (κ1) is 8.62. The molecule has 0 spiro atoms. The zero-order valence-electron chi connectivity index (χ0n) is 7.53. The van der Waals surface area contributed by atoms with Crippen LogP contribution in [-0.4, -0.2) is 15.2 Å². The third kappa shape index (κ3) is 1.12. The van der Waals surface area contributed by atoms with Crippen LogP contribution < -0.4 is 5.56 Å². The first-order chi connectivity index (χ1) is 6.59. The van der Waals surface area contributed by atoms with Crippen molar-refractivity contribution in [3.8, 4) is 11.5 Å². The Morgan fingerprint density at radius 3 is 2.71 bits per heavy atom. The Morgan fingerprint density at radius 2 is 2.00 bits per heavy atom. The highest BCUT2D eigenvalue weighted by atomic mass is 16.3. The fraction of sp³-hybridized carbons (Fsp3) is 0.100. The first-order valence-electron chi connectivity index (χ1n) is 4.14. The number of aromatic hydroxyl groups is 2. The van der Waals surface area contributed by atoms with Gasteiger partial charge in [0.2, 0.25) is 5.56 Å². The Morgan fingerprint density at radius 1 is 1.29 bits per heavy atom. The van der Waals surface area contributed by atoms with Crippen LogP contribution in [0.2, 0.25) is 0 Å². The van der Waals surface area contributed by atoms with Gasteiger partial charge < -0.3 is 15.2 Å². The van der Waals surface area contributed by atoms with Gasteiger partial charge in [-0.2, -0.15) is 0 Å². The molecule has 0 aliphatic rings. The van der Waals surface area contributed by atoms with Gasteiger partial charge in [-0.05, 0) is 24.6 Å². The van der Waals surface area contributed by atoms with Gasteiger partial charge in [-0.25, -0.2) is 0 Å². The number of aromatic nitrogens is 1. The number of aryl methyl sites for hydroxylation is 1. The van der Waals surface area contributed by atoms with Gasteiger partial charge in [0.1, 0.15) is 0 Å². The summed E-state index contributed by atoms with van der Waals surface area (Å²) in [6.07, 6.45) is 0. The van der Waals surface area contributed by atoms with Crippen LogP contribution >= 0.6 is 0 Å². The van der Waals surface area contributed by atoms with E-state index in [4.69, 9.17) is 0 Å². The van der Waals surface area contributed by atoms with Crippen LogP contribution in [0.15, 0.2) is 23.0 Å². The average Bonchev–Trinajstić information content (AvgIpc) is 2.10. The van der Waals surface area contributed by atoms with Gasteiger partial charge in [-0.3, -0.25) is 4.79 Å². The van der Waals surface area contributed by atoms with Crippen molar-refractivity contribution in [2.75, 3.05) is 0 Å². The maximum Gasteiger partial charge on any atom is 0.248 e. The molecule has 1 aromatic carbocycles. The molecule has 0 fully saturated rings. The average molecular weight is 191 g/mol. The van der Waals surface area contributed by atoms with Crippen molar-refractivity contribution < 1.29 is 10.2 Å². The van der Waals surface area contributed by atoms with E-state index in [1.54, 1.807) is 13.0 Å². The smallest absolute Gasteiger partial charge is 0.248 e. The molecule has 0 radical (unpaired) electrons. The van der Waals surface area contributed by atoms with E-state index < -0.39 is 0 Å². The molecule has 4 nitrogen and oxygen atoms in total. The number of rotatable bonds is 0. The van der Waals surface area contributed by atoms with E-state index in [1.165, 1.54) is 12.1 Å². The molecule has 2 aromatic rings. The van der Waals surface area contributed by atoms with E-state index in [2.05, 4.69) is 4.98 Å². The Kier molecular flexibility index (Phi) is 1.70. The number of pyridine rings is 1. The van der Waals surface area contributed by atoms with Gasteiger partial charge in [0.25, 0.3) is 0 Å². The van der Waals surface area contributed by atoms with Crippen molar-refractivity contribution in [1.29, 1.82) is 0 Å². The molecule has 4 heteroatoms. The molecule has 3 N–H and O–H groups in total. The molecular weight excluding hydrogens is 182 g/mol. The van der Waals surface area contributed by atoms with E-state index in [-0.39, 0.29) is 17.1 Å². The summed E-state index contributed by atoms with van der Waals surface area (Å²) >= 11 is 0. The Bertz CT molecular complexity index is 557. The highest BCUT2D eigenvalue weighted by Gasteiger charge is 2.08. The van der Waals surface area contributed by atoms with Gasteiger partial charge in [-0.15, -0.1) is 0 Å². The molecule has 2 rings (SSSR count). The monoisotopic (exact) mass is 191 g/mol. The van der Waals surface area contributed by atoms with E-state index >= 15 is 0 Å². The fourth-order valence-electron chi connectivity index (χ4n) is 1.52. The predicted molar refractivity (Wildman–Crippen MR) is 52.6 cm³/mol. The number of aromatic amines is 1. The minimum absolute atomic E-state index is 0.187. The summed E-state index contributed by atoms with van der Waals surface area (Å²) in [4.78, 5) is 13.7. The summed E-state index contributed by atoms with van der Waals surface area (Å²) in [5, 5.41) is 19.3. The van der Waals surface area contributed by atoms with Crippen molar-refractivity contribution in [3.63, 3.8) is 0 Å². The standard InChI is InChI=1S/C10H9NO3/c1-5-4-8(13)11-6-2-3-7(12)10(14)9(5)6/h2-4,12,14H,1H3,(H,11,13). The molecule has 0 aliphatic heterocycles. The Labute approximate surface area is 79.4 Å². The van der Waals surface area contributed by atoms with Crippen molar-refractivity contribution in [3.05, 3.63) is 34.1 Å². The molecule has 0 saturated carbocycles. The molecule has 72 valence electrons. The van der Waals surface area contributed by atoms with Gasteiger partial charge >= 0.3 is 0 Å². The lowest BCUT2D eigenvalue weighted by Crippen LogP contribution is -2.04. The maximum absolute atomic E-state index is 11.1. The number of phenols is 2. The second kappa shape index (κ2) is 2.77. The molecule has 0 bridgehead atoms. The van der Waals surface area contributed by atoms with Crippen LogP contribution in [0.25, 0.3) is 10.9 Å². The first-order valence-corrected chi connectivity index (χ1v) is 4.14. The minimum atomic E-state index is -0.222. The van der Waals surface area contributed by atoms with E-state index in [0.29, 0.717) is 16.5 Å². The SMILES string of the molecule is Cc1cc(=O)[nH]c2ccc(O)c(O)c12. The lowest BCUT2D eigenvalue weighted by Gasteiger charge is -2.05. The summed E-state index contributed by atoms with van der Waals surface area (Å²) in [7, 11) is 0. The molecule has 0 atom stereocenters. The van der Waals surface area contributed by atoms with E-state index in [9.17, 15) is 15.0 Å². The third-order valence-electron chi connectivity index (χ3n) is 2.16. The summed E-state index contributed by atoms with van der Waals surface area (Å²) in [6.45, 7) is 1.71. The number of hydrogen-bond donors (Lipinski definition) is 3. The number of benzene rings is 1. The molecule has 1 heterocycles. The van der Waals surface area contributed by atoms with E-state index in [0.717, 1.165) is 0 Å². The number of phenolic OH excluding ortho intramolecular Hbond substituents is 2. The number of fused-ring (bicyclic) bond motifs is 1. The lowest BCUT2D eigenvalue weighted by molar-refractivity contribution is 0.408. The van der Waals surface area contributed by atoms with Crippen LogP contribution in [0.1, 0.15) is 5.56 Å². The minimum Gasteiger partial charge on any atom is -0.504 e. The van der Waals surface area contributed by atoms with Gasteiger partial charge in [0.15, 0.2) is 11.5 Å². The van der Waals surface area contributed by atoms with Crippen LogP contribution in [-0.2, 0) is 0 Å². The zero-order chi connectivity index (χ0) is 10.3. The van der Waals surface area contributed by atoms with Crippen LogP contribution in [0.4, 0.5) is 0 Å². The second-order valence-electron chi connectivity index (χ2n) is 3.17. The number of hydrogen-bond acceptors (Lipinski definition) is 3. The summed E-state index contributed by atoms with van der Waals surface area (Å²) in [5.41, 5.74) is 0.933. The van der Waals surface area contributed by atoms with Crippen LogP contribution in [0.3, 0.4) is 0 Å². The highest BCUT2D eigenvalue weighted by molar-refractivity contribution is 5.89. The summed E-state index contributed by atoms with van der Waals surface area (Å²) < 4.78 is 0. The van der Waals surface area contributed by atoms with Gasteiger partial charge in [0.05, 0.1) is 5.52 Å². The maximum atomic E-state index is 11.1. The lowest BCUT2D eigenvalue weighted by atomic mass is 10.1. The molecule has 0 unspecified atom stereocenters. The topological polar surface area (TPSA) is 73.3 Å². The second-order valence-corrected chi connectivity index (χ2v) is 3.17. The Balaban J connectivity index is 3.03. The van der Waals surface area contributed by atoms with Crippen molar-refractivity contribution >= 4 is 10.9 Å². The normalized spacial score (nSPS) is 10.6.